The Bertz CT molecular complexity index is 510. The van der Waals surface area contributed by atoms with Crippen LogP contribution in [0.4, 0.5) is 4.39 Å². The molecule has 1 nitrogen and oxygen atoms in total. The SMILES string of the molecule is CC(NCc1cccc(F)c1)c1ccc(I)cc1. The van der Waals surface area contributed by atoms with Gasteiger partial charge in [-0.25, -0.2) is 4.39 Å². The maximum atomic E-state index is 13.0. The molecule has 0 saturated carbocycles. The number of hydrogen-bond acceptors (Lipinski definition) is 1. The molecule has 94 valence electrons. The Morgan fingerprint density at radius 2 is 1.89 bits per heavy atom. The van der Waals surface area contributed by atoms with Gasteiger partial charge in [-0.2, -0.15) is 0 Å². The van der Waals surface area contributed by atoms with Gasteiger partial charge >= 0.3 is 0 Å². The number of hydrogen-bond donors (Lipinski definition) is 1. The summed E-state index contributed by atoms with van der Waals surface area (Å²) in [5.41, 5.74) is 2.21. The molecule has 2 rings (SSSR count). The Labute approximate surface area is 121 Å². The van der Waals surface area contributed by atoms with Gasteiger partial charge in [-0.05, 0) is 64.9 Å². The van der Waals surface area contributed by atoms with Gasteiger partial charge in [0.05, 0.1) is 0 Å². The van der Waals surface area contributed by atoms with Crippen LogP contribution in [0.3, 0.4) is 0 Å². The Morgan fingerprint density at radius 1 is 1.17 bits per heavy atom. The van der Waals surface area contributed by atoms with E-state index in [1.54, 1.807) is 12.1 Å². The van der Waals surface area contributed by atoms with Crippen molar-refractivity contribution < 1.29 is 4.39 Å². The van der Waals surface area contributed by atoms with Crippen LogP contribution in [0.25, 0.3) is 0 Å². The molecule has 0 aromatic heterocycles. The van der Waals surface area contributed by atoms with E-state index in [1.807, 2.05) is 6.07 Å². The molecule has 0 bridgehead atoms. The summed E-state index contributed by atoms with van der Waals surface area (Å²) in [6, 6.07) is 15.4. The molecule has 0 aliphatic rings. The molecule has 3 heteroatoms. The minimum Gasteiger partial charge on any atom is -0.306 e. The first-order valence-corrected chi connectivity index (χ1v) is 6.96. The summed E-state index contributed by atoms with van der Waals surface area (Å²) in [5, 5.41) is 3.39. The molecule has 0 heterocycles. The molecule has 1 atom stereocenters. The second-order valence-corrected chi connectivity index (χ2v) is 5.53. The van der Waals surface area contributed by atoms with Crippen molar-refractivity contribution in [3.05, 3.63) is 69.0 Å². The summed E-state index contributed by atoms with van der Waals surface area (Å²) in [7, 11) is 0. The highest BCUT2D eigenvalue weighted by Crippen LogP contribution is 2.15. The van der Waals surface area contributed by atoms with Crippen molar-refractivity contribution in [3.8, 4) is 0 Å². The fourth-order valence-corrected chi connectivity index (χ4v) is 2.15. The topological polar surface area (TPSA) is 12.0 Å². The van der Waals surface area contributed by atoms with Crippen LogP contribution in [-0.2, 0) is 6.54 Å². The van der Waals surface area contributed by atoms with Crippen molar-refractivity contribution in [3.63, 3.8) is 0 Å². The zero-order chi connectivity index (χ0) is 13.0. The van der Waals surface area contributed by atoms with E-state index in [1.165, 1.54) is 15.2 Å². The quantitative estimate of drug-likeness (QED) is 0.808. The molecule has 1 unspecified atom stereocenters. The van der Waals surface area contributed by atoms with Crippen LogP contribution in [0.5, 0.6) is 0 Å². The van der Waals surface area contributed by atoms with Crippen LogP contribution in [0.15, 0.2) is 48.5 Å². The van der Waals surface area contributed by atoms with Crippen molar-refractivity contribution in [2.75, 3.05) is 0 Å². The van der Waals surface area contributed by atoms with E-state index in [0.29, 0.717) is 6.54 Å². The van der Waals surface area contributed by atoms with Gasteiger partial charge in [0.1, 0.15) is 5.82 Å². The summed E-state index contributed by atoms with van der Waals surface area (Å²) >= 11 is 2.29. The summed E-state index contributed by atoms with van der Waals surface area (Å²) < 4.78 is 14.3. The smallest absolute Gasteiger partial charge is 0.123 e. The van der Waals surface area contributed by atoms with Gasteiger partial charge in [-0.1, -0.05) is 24.3 Å². The van der Waals surface area contributed by atoms with Gasteiger partial charge in [0.15, 0.2) is 0 Å². The lowest BCUT2D eigenvalue weighted by Gasteiger charge is -2.14. The van der Waals surface area contributed by atoms with E-state index in [9.17, 15) is 4.39 Å². The van der Waals surface area contributed by atoms with E-state index >= 15 is 0 Å². The van der Waals surface area contributed by atoms with Crippen molar-refractivity contribution >= 4 is 22.6 Å². The molecular weight excluding hydrogens is 340 g/mol. The molecule has 2 aromatic rings. The van der Waals surface area contributed by atoms with Gasteiger partial charge in [-0.15, -0.1) is 0 Å². The lowest BCUT2D eigenvalue weighted by atomic mass is 10.1. The van der Waals surface area contributed by atoms with E-state index in [0.717, 1.165) is 5.56 Å². The molecule has 1 N–H and O–H groups in total. The Balaban J connectivity index is 1.96. The Kier molecular flexibility index (Phi) is 4.72. The third-order valence-electron chi connectivity index (χ3n) is 2.87. The average Bonchev–Trinajstić information content (AvgIpc) is 2.37. The maximum Gasteiger partial charge on any atom is 0.123 e. The van der Waals surface area contributed by atoms with Gasteiger partial charge in [0, 0.05) is 16.2 Å². The van der Waals surface area contributed by atoms with Crippen molar-refractivity contribution in [1.29, 1.82) is 0 Å². The highest BCUT2D eigenvalue weighted by atomic mass is 127. The van der Waals surface area contributed by atoms with Crippen LogP contribution >= 0.6 is 22.6 Å². The Morgan fingerprint density at radius 3 is 2.56 bits per heavy atom. The van der Waals surface area contributed by atoms with E-state index < -0.39 is 0 Å². The maximum absolute atomic E-state index is 13.0. The van der Waals surface area contributed by atoms with Gasteiger partial charge in [-0.3, -0.25) is 0 Å². The fraction of sp³-hybridized carbons (Fsp3) is 0.200. The average molecular weight is 355 g/mol. The minimum atomic E-state index is -0.184. The van der Waals surface area contributed by atoms with Crippen LogP contribution in [-0.4, -0.2) is 0 Å². The largest absolute Gasteiger partial charge is 0.306 e. The first kappa shape index (κ1) is 13.5. The number of rotatable bonds is 4. The summed E-state index contributed by atoms with van der Waals surface area (Å²) in [6.45, 7) is 2.78. The summed E-state index contributed by atoms with van der Waals surface area (Å²) in [6.07, 6.45) is 0. The summed E-state index contributed by atoms with van der Waals surface area (Å²) in [5.74, 6) is -0.184. The van der Waals surface area contributed by atoms with Crippen LogP contribution < -0.4 is 5.32 Å². The van der Waals surface area contributed by atoms with Gasteiger partial charge < -0.3 is 5.32 Å². The van der Waals surface area contributed by atoms with Gasteiger partial charge in [0.25, 0.3) is 0 Å². The highest BCUT2D eigenvalue weighted by molar-refractivity contribution is 14.1. The van der Waals surface area contributed by atoms with Crippen molar-refractivity contribution in [1.82, 2.24) is 5.32 Å². The third-order valence-corrected chi connectivity index (χ3v) is 3.59. The zero-order valence-electron chi connectivity index (χ0n) is 10.2. The minimum absolute atomic E-state index is 0.184. The van der Waals surface area contributed by atoms with E-state index in [2.05, 4.69) is 59.1 Å². The predicted octanol–water partition coefficient (Wildman–Crippen LogP) is 4.28. The second kappa shape index (κ2) is 6.29. The Hall–Kier alpha value is -0.940. The first-order valence-electron chi connectivity index (χ1n) is 5.88. The monoisotopic (exact) mass is 355 g/mol. The molecule has 0 amide bonds. The predicted molar refractivity (Wildman–Crippen MR) is 80.8 cm³/mol. The van der Waals surface area contributed by atoms with E-state index in [4.69, 9.17) is 0 Å². The number of halogens is 2. The molecule has 18 heavy (non-hydrogen) atoms. The molecule has 0 aliphatic heterocycles. The normalized spacial score (nSPS) is 12.4. The van der Waals surface area contributed by atoms with Crippen LogP contribution in [0, 0.1) is 9.39 Å². The molecule has 0 spiro atoms. The molecule has 0 fully saturated rings. The zero-order valence-corrected chi connectivity index (χ0v) is 12.3. The first-order chi connectivity index (χ1) is 8.65. The number of nitrogens with one attached hydrogen (secondary N) is 1. The fourth-order valence-electron chi connectivity index (χ4n) is 1.79. The lowest BCUT2D eigenvalue weighted by molar-refractivity contribution is 0.569. The standard InChI is InChI=1S/C15H15FIN/c1-11(13-5-7-15(17)8-6-13)18-10-12-3-2-4-14(16)9-12/h2-9,11,18H,10H2,1H3. The summed E-state index contributed by atoms with van der Waals surface area (Å²) in [4.78, 5) is 0. The number of benzene rings is 2. The molecular formula is C15H15FIN. The molecule has 2 aromatic carbocycles. The van der Waals surface area contributed by atoms with Crippen molar-refractivity contribution in [2.24, 2.45) is 0 Å². The van der Waals surface area contributed by atoms with Crippen LogP contribution in [0.2, 0.25) is 0 Å². The van der Waals surface area contributed by atoms with Crippen molar-refractivity contribution in [2.45, 2.75) is 19.5 Å². The molecule has 0 radical (unpaired) electrons. The second-order valence-electron chi connectivity index (χ2n) is 4.28. The highest BCUT2D eigenvalue weighted by Gasteiger charge is 2.04. The third kappa shape index (κ3) is 3.78. The molecule has 0 aliphatic carbocycles. The lowest BCUT2D eigenvalue weighted by Crippen LogP contribution is -2.18. The van der Waals surface area contributed by atoms with Crippen LogP contribution in [0.1, 0.15) is 24.1 Å². The molecule has 0 saturated heterocycles. The van der Waals surface area contributed by atoms with E-state index in [-0.39, 0.29) is 11.9 Å². The van der Waals surface area contributed by atoms with Gasteiger partial charge in [0.2, 0.25) is 0 Å².